The molecule has 8 nitrogen and oxygen atoms in total. The molecule has 0 fully saturated rings. The Labute approximate surface area is 195 Å². The number of hydrogen-bond acceptors (Lipinski definition) is 6. The molecule has 0 saturated heterocycles. The van der Waals surface area contributed by atoms with Gasteiger partial charge in [-0.2, -0.15) is 0 Å². The number of rotatable bonds is 8. The first kappa shape index (κ1) is 22.8. The maximum Gasteiger partial charge on any atom is 0.238 e. The third kappa shape index (κ3) is 5.54. The van der Waals surface area contributed by atoms with Gasteiger partial charge in [-0.25, -0.2) is 18.5 Å². The number of carbonyl (C=O) groups excluding carboxylic acids is 1. The normalized spacial score (nSPS) is 12.4. The summed E-state index contributed by atoms with van der Waals surface area (Å²) in [5, 5.41) is 8.13. The van der Waals surface area contributed by atoms with E-state index in [1.165, 1.54) is 23.9 Å². The van der Waals surface area contributed by atoms with E-state index in [-0.39, 0.29) is 17.3 Å². The van der Waals surface area contributed by atoms with Gasteiger partial charge >= 0.3 is 0 Å². The molecule has 1 aromatic heterocycles. The third-order valence-corrected chi connectivity index (χ3v) is 7.02. The van der Waals surface area contributed by atoms with E-state index in [2.05, 4.69) is 15.3 Å². The molecule has 4 N–H and O–H groups in total. The van der Waals surface area contributed by atoms with Gasteiger partial charge < -0.3 is 15.0 Å². The lowest BCUT2D eigenvalue weighted by atomic mass is 10.1. The molecule has 3 aromatic carbocycles. The van der Waals surface area contributed by atoms with Crippen LogP contribution in [0, 0.1) is 0 Å². The third-order valence-electron chi connectivity index (χ3n) is 4.96. The molecule has 0 radical (unpaired) electrons. The second-order valence-electron chi connectivity index (χ2n) is 7.24. The predicted octanol–water partition coefficient (Wildman–Crippen LogP) is 3.37. The second kappa shape index (κ2) is 9.65. The molecule has 4 aromatic rings. The minimum Gasteiger partial charge on any atom is -0.497 e. The number of hydrogen-bond donors (Lipinski definition) is 3. The molecule has 0 saturated carbocycles. The van der Waals surface area contributed by atoms with Gasteiger partial charge in [-0.1, -0.05) is 54.2 Å². The number of amides is 1. The summed E-state index contributed by atoms with van der Waals surface area (Å²) < 4.78 is 28.1. The number of ether oxygens (including phenoxy) is 1. The zero-order valence-electron chi connectivity index (χ0n) is 17.7. The van der Waals surface area contributed by atoms with Crippen LogP contribution in [0.2, 0.25) is 0 Å². The number of imidazole rings is 1. The van der Waals surface area contributed by atoms with E-state index in [4.69, 9.17) is 9.88 Å². The zero-order chi connectivity index (χ0) is 23.4. The molecule has 10 heteroatoms. The lowest BCUT2D eigenvalue weighted by Crippen LogP contribution is -2.27. The monoisotopic (exact) mass is 482 g/mol. The Morgan fingerprint density at radius 2 is 1.85 bits per heavy atom. The van der Waals surface area contributed by atoms with Crippen molar-refractivity contribution in [1.82, 2.24) is 15.3 Å². The molecular formula is C23H22N4O4S2. The number of sulfonamides is 1. The van der Waals surface area contributed by atoms with Crippen LogP contribution in [0.15, 0.2) is 82.8 Å². The molecule has 0 spiro atoms. The lowest BCUT2D eigenvalue weighted by molar-refractivity contribution is -0.120. The summed E-state index contributed by atoms with van der Waals surface area (Å²) in [5.41, 5.74) is 3.19. The Morgan fingerprint density at radius 3 is 2.52 bits per heavy atom. The number of nitrogens with zero attached hydrogens (tertiary/aromatic N) is 1. The Morgan fingerprint density at radius 1 is 1.12 bits per heavy atom. The van der Waals surface area contributed by atoms with Gasteiger partial charge in [0.2, 0.25) is 15.9 Å². The van der Waals surface area contributed by atoms with Crippen LogP contribution in [0.25, 0.3) is 11.0 Å². The smallest absolute Gasteiger partial charge is 0.238 e. The fraction of sp³-hybridized carbons (Fsp3) is 0.130. The minimum atomic E-state index is -3.76. The Kier molecular flexibility index (Phi) is 6.68. The van der Waals surface area contributed by atoms with Crippen LogP contribution >= 0.6 is 11.8 Å². The highest BCUT2D eigenvalue weighted by Gasteiger charge is 2.23. The van der Waals surface area contributed by atoms with Gasteiger partial charge in [0.15, 0.2) is 5.16 Å². The number of carbonyl (C=O) groups is 1. The fourth-order valence-electron chi connectivity index (χ4n) is 3.24. The van der Waals surface area contributed by atoms with E-state index in [1.54, 1.807) is 19.2 Å². The van der Waals surface area contributed by atoms with Crippen molar-refractivity contribution in [3.8, 4) is 5.75 Å². The molecule has 4 rings (SSSR count). The van der Waals surface area contributed by atoms with Crippen molar-refractivity contribution >= 4 is 38.7 Å². The van der Waals surface area contributed by atoms with Gasteiger partial charge in [-0.3, -0.25) is 4.79 Å². The highest BCUT2D eigenvalue weighted by Crippen LogP contribution is 2.35. The van der Waals surface area contributed by atoms with Crippen molar-refractivity contribution in [3.63, 3.8) is 0 Å². The molecule has 0 aliphatic heterocycles. The van der Waals surface area contributed by atoms with Crippen LogP contribution in [0.3, 0.4) is 0 Å². The van der Waals surface area contributed by atoms with Crippen molar-refractivity contribution in [2.45, 2.75) is 21.8 Å². The first-order valence-electron chi connectivity index (χ1n) is 9.98. The molecule has 33 heavy (non-hydrogen) atoms. The first-order chi connectivity index (χ1) is 15.8. The van der Waals surface area contributed by atoms with E-state index in [0.29, 0.717) is 10.9 Å². The summed E-state index contributed by atoms with van der Waals surface area (Å²) in [7, 11) is -2.16. The summed E-state index contributed by atoms with van der Waals surface area (Å²) >= 11 is 1.31. The van der Waals surface area contributed by atoms with Crippen LogP contribution < -0.4 is 15.2 Å². The average Bonchev–Trinajstić information content (AvgIpc) is 3.23. The van der Waals surface area contributed by atoms with Gasteiger partial charge in [0, 0.05) is 12.6 Å². The van der Waals surface area contributed by atoms with Gasteiger partial charge in [-0.15, -0.1) is 0 Å². The van der Waals surface area contributed by atoms with Crippen LogP contribution in [-0.2, 0) is 21.4 Å². The first-order valence-corrected chi connectivity index (χ1v) is 12.4. The van der Waals surface area contributed by atoms with E-state index in [1.807, 2.05) is 48.5 Å². The number of H-pyrrole nitrogens is 1. The topological polar surface area (TPSA) is 127 Å². The summed E-state index contributed by atoms with van der Waals surface area (Å²) in [5.74, 6) is 0.522. The van der Waals surface area contributed by atoms with Crippen molar-refractivity contribution in [1.29, 1.82) is 0 Å². The predicted molar refractivity (Wildman–Crippen MR) is 127 cm³/mol. The summed E-state index contributed by atoms with van der Waals surface area (Å²) in [6.45, 7) is 0.241. The molecule has 0 unspecified atom stereocenters. The fourth-order valence-corrected chi connectivity index (χ4v) is 4.78. The van der Waals surface area contributed by atoms with Crippen molar-refractivity contribution in [2.75, 3.05) is 7.11 Å². The zero-order valence-corrected chi connectivity index (χ0v) is 19.3. The van der Waals surface area contributed by atoms with E-state index in [0.717, 1.165) is 22.2 Å². The van der Waals surface area contributed by atoms with E-state index in [9.17, 15) is 13.2 Å². The Hall–Kier alpha value is -3.34. The summed E-state index contributed by atoms with van der Waals surface area (Å²) in [6.07, 6.45) is 0. The largest absolute Gasteiger partial charge is 0.497 e. The van der Waals surface area contributed by atoms with E-state index < -0.39 is 15.3 Å². The molecule has 1 amide bonds. The van der Waals surface area contributed by atoms with Gasteiger partial charge in [0.1, 0.15) is 11.0 Å². The quantitative estimate of drug-likeness (QED) is 0.331. The van der Waals surface area contributed by atoms with Gasteiger partial charge in [-0.05, 0) is 35.4 Å². The number of aromatic amines is 1. The number of thioether (sulfide) groups is 1. The Balaban J connectivity index is 1.53. The summed E-state index contributed by atoms with van der Waals surface area (Å²) in [4.78, 5) is 21.0. The maximum absolute atomic E-state index is 13.2. The second-order valence-corrected chi connectivity index (χ2v) is 9.90. The molecule has 0 bridgehead atoms. The van der Waals surface area contributed by atoms with Crippen LogP contribution in [0.5, 0.6) is 5.75 Å². The van der Waals surface area contributed by atoms with Crippen molar-refractivity contribution in [3.05, 3.63) is 83.9 Å². The minimum absolute atomic E-state index is 0.0248. The molecule has 170 valence electrons. The van der Waals surface area contributed by atoms with E-state index >= 15 is 0 Å². The maximum atomic E-state index is 13.2. The lowest BCUT2D eigenvalue weighted by Gasteiger charge is -2.16. The highest BCUT2D eigenvalue weighted by molar-refractivity contribution is 8.00. The number of nitrogens with one attached hydrogen (secondary N) is 2. The number of fused-ring (bicyclic) bond motifs is 1. The van der Waals surface area contributed by atoms with Crippen LogP contribution in [0.1, 0.15) is 16.4 Å². The number of methoxy groups -OCH3 is 1. The van der Waals surface area contributed by atoms with Gasteiger partial charge in [0.05, 0.1) is 23.0 Å². The number of nitrogens with two attached hydrogens (primary N) is 1. The molecule has 1 atom stereocenters. The molecule has 1 heterocycles. The highest BCUT2D eigenvalue weighted by atomic mass is 32.2. The van der Waals surface area contributed by atoms with Crippen LogP contribution in [-0.4, -0.2) is 31.4 Å². The number of primary sulfonamides is 1. The van der Waals surface area contributed by atoms with Crippen molar-refractivity contribution in [2.24, 2.45) is 5.14 Å². The molecule has 0 aliphatic carbocycles. The SMILES string of the molecule is COc1ccc2nc(S[C@@H](C(=O)NCc3ccc(S(N)(=O)=O)cc3)c3ccccc3)[nH]c2c1. The Bertz CT molecular complexity index is 1370. The molecule has 0 aliphatic rings. The van der Waals surface area contributed by atoms with Gasteiger partial charge in [0.25, 0.3) is 0 Å². The standard InChI is InChI=1S/C23H22N4O4S2/c1-31-17-9-12-19-20(13-17)27-23(26-19)32-21(16-5-3-2-4-6-16)22(28)25-14-15-7-10-18(11-8-15)33(24,29)30/h2-13,21H,14H2,1H3,(H,25,28)(H,26,27)(H2,24,29,30)/t21-/m1/s1. The van der Waals surface area contributed by atoms with Crippen molar-refractivity contribution < 1.29 is 17.9 Å². The average molecular weight is 483 g/mol. The number of benzene rings is 3. The number of aromatic nitrogens is 2. The van der Waals surface area contributed by atoms with Crippen LogP contribution in [0.4, 0.5) is 0 Å². The molecular weight excluding hydrogens is 460 g/mol. The summed E-state index contributed by atoms with van der Waals surface area (Å²) in [6, 6.07) is 21.1.